The van der Waals surface area contributed by atoms with Crippen molar-refractivity contribution in [1.29, 1.82) is 0 Å². The second kappa shape index (κ2) is 8.65. The Labute approximate surface area is 151 Å². The molecule has 0 bridgehead atoms. The first kappa shape index (κ1) is 18.2. The lowest BCUT2D eigenvalue weighted by molar-refractivity contribution is -0.115. The predicted molar refractivity (Wildman–Crippen MR) is 95.4 cm³/mol. The first-order valence-corrected chi connectivity index (χ1v) is 8.77. The number of allylic oxidation sites excluding steroid dienone is 1. The number of nitrogens with zero attached hydrogens (tertiary/aromatic N) is 3. The van der Waals surface area contributed by atoms with E-state index in [4.69, 9.17) is 5.73 Å². The van der Waals surface area contributed by atoms with Crippen LogP contribution in [-0.4, -0.2) is 32.3 Å². The predicted octanol–water partition coefficient (Wildman–Crippen LogP) is 1.73. The summed E-state index contributed by atoms with van der Waals surface area (Å²) >= 11 is 4.54. The second-order valence-electron chi connectivity index (χ2n) is 4.72. The van der Waals surface area contributed by atoms with Crippen molar-refractivity contribution < 1.29 is 9.59 Å². The van der Waals surface area contributed by atoms with Gasteiger partial charge >= 0.3 is 0 Å². The van der Waals surface area contributed by atoms with Gasteiger partial charge in [-0.05, 0) is 28.1 Å². The molecule has 2 rings (SSSR count). The Bertz CT molecular complexity index is 762. The highest BCUT2D eigenvalue weighted by atomic mass is 79.9. The smallest absolute Gasteiger partial charge is 0.252 e. The number of nitrogens with two attached hydrogens (primary N) is 1. The molecule has 24 heavy (non-hydrogen) atoms. The number of benzene rings is 1. The van der Waals surface area contributed by atoms with Crippen LogP contribution >= 0.6 is 27.7 Å². The van der Waals surface area contributed by atoms with E-state index in [1.54, 1.807) is 28.8 Å². The van der Waals surface area contributed by atoms with E-state index in [1.807, 2.05) is 6.07 Å². The Hall–Kier alpha value is -2.13. The minimum Gasteiger partial charge on any atom is -0.369 e. The number of carbonyl (C=O) groups excluding carboxylic acids is 2. The van der Waals surface area contributed by atoms with Gasteiger partial charge in [0.15, 0.2) is 11.0 Å². The van der Waals surface area contributed by atoms with E-state index in [1.165, 1.54) is 11.8 Å². The van der Waals surface area contributed by atoms with E-state index in [-0.39, 0.29) is 18.2 Å². The number of halogens is 1. The number of amides is 2. The molecule has 0 fully saturated rings. The van der Waals surface area contributed by atoms with Gasteiger partial charge in [0, 0.05) is 11.0 Å². The van der Waals surface area contributed by atoms with Crippen LogP contribution < -0.4 is 11.1 Å². The summed E-state index contributed by atoms with van der Waals surface area (Å²) in [6.07, 6.45) is 1.69. The Balaban J connectivity index is 2.09. The lowest BCUT2D eigenvalue weighted by atomic mass is 10.2. The molecule has 9 heteroatoms. The molecule has 2 amide bonds. The van der Waals surface area contributed by atoms with Crippen molar-refractivity contribution in [1.82, 2.24) is 20.1 Å². The highest BCUT2D eigenvalue weighted by Crippen LogP contribution is 2.18. The highest BCUT2D eigenvalue weighted by molar-refractivity contribution is 9.10. The Kier molecular flexibility index (Phi) is 6.56. The van der Waals surface area contributed by atoms with E-state index in [0.29, 0.717) is 27.6 Å². The number of thioether (sulfide) groups is 1. The maximum atomic E-state index is 12.2. The van der Waals surface area contributed by atoms with Gasteiger partial charge in [-0.25, -0.2) is 0 Å². The Morgan fingerprint density at radius 2 is 2.12 bits per heavy atom. The van der Waals surface area contributed by atoms with Gasteiger partial charge < -0.3 is 15.6 Å². The number of hydrogen-bond acceptors (Lipinski definition) is 5. The molecule has 0 spiro atoms. The summed E-state index contributed by atoms with van der Waals surface area (Å²) < 4.78 is 2.49. The Morgan fingerprint density at radius 1 is 1.38 bits per heavy atom. The molecule has 7 nitrogen and oxygen atoms in total. The first-order valence-electron chi connectivity index (χ1n) is 6.99. The molecule has 0 atom stereocenters. The minimum atomic E-state index is -0.433. The van der Waals surface area contributed by atoms with Crippen molar-refractivity contribution in [3.8, 4) is 0 Å². The zero-order chi connectivity index (χ0) is 17.5. The van der Waals surface area contributed by atoms with Gasteiger partial charge in [0.05, 0.1) is 17.9 Å². The van der Waals surface area contributed by atoms with E-state index in [2.05, 4.69) is 38.0 Å². The van der Waals surface area contributed by atoms with Crippen LogP contribution in [0.2, 0.25) is 0 Å². The third kappa shape index (κ3) is 4.68. The average Bonchev–Trinajstić information content (AvgIpc) is 2.93. The number of carbonyl (C=O) groups is 2. The molecule has 0 unspecified atom stereocenters. The number of nitrogens with one attached hydrogen (secondary N) is 1. The summed E-state index contributed by atoms with van der Waals surface area (Å²) in [5, 5.41) is 11.5. The van der Waals surface area contributed by atoms with Crippen LogP contribution in [-0.2, 0) is 17.9 Å². The van der Waals surface area contributed by atoms with Crippen LogP contribution in [0.15, 0.2) is 46.5 Å². The molecular formula is C15H16BrN5O2S. The average molecular weight is 410 g/mol. The highest BCUT2D eigenvalue weighted by Gasteiger charge is 2.15. The second-order valence-corrected chi connectivity index (χ2v) is 6.51. The van der Waals surface area contributed by atoms with Gasteiger partial charge in [-0.1, -0.05) is 30.0 Å². The van der Waals surface area contributed by atoms with Crippen LogP contribution in [0.3, 0.4) is 0 Å². The molecule has 0 aliphatic heterocycles. The van der Waals surface area contributed by atoms with Crippen molar-refractivity contribution in [2.24, 2.45) is 5.73 Å². The lowest BCUT2D eigenvalue weighted by Crippen LogP contribution is -2.25. The number of rotatable bonds is 8. The van der Waals surface area contributed by atoms with Crippen molar-refractivity contribution in [3.63, 3.8) is 0 Å². The van der Waals surface area contributed by atoms with Gasteiger partial charge in [0.2, 0.25) is 5.91 Å². The van der Waals surface area contributed by atoms with E-state index in [9.17, 15) is 9.59 Å². The third-order valence-corrected chi connectivity index (χ3v) is 4.65. The van der Waals surface area contributed by atoms with Crippen LogP contribution in [0, 0.1) is 0 Å². The standard InChI is InChI=1S/C15H16BrN5O2S/c1-2-7-21-13(19-20-15(21)24-9-12(17)22)8-18-14(23)10-5-3-4-6-11(10)16/h2-6H,1,7-9H2,(H2,17,22)(H,18,23). The fourth-order valence-corrected chi connectivity index (χ4v) is 3.08. The van der Waals surface area contributed by atoms with Gasteiger partial charge in [-0.15, -0.1) is 16.8 Å². The van der Waals surface area contributed by atoms with Crippen molar-refractivity contribution in [2.75, 3.05) is 5.75 Å². The van der Waals surface area contributed by atoms with Crippen LogP contribution in [0.5, 0.6) is 0 Å². The summed E-state index contributed by atoms with van der Waals surface area (Å²) in [6.45, 7) is 4.37. The van der Waals surface area contributed by atoms with Crippen LogP contribution in [0.25, 0.3) is 0 Å². The molecule has 0 saturated carbocycles. The zero-order valence-electron chi connectivity index (χ0n) is 12.7. The molecule has 126 valence electrons. The molecule has 3 N–H and O–H groups in total. The molecule has 0 radical (unpaired) electrons. The van der Waals surface area contributed by atoms with E-state index >= 15 is 0 Å². The molecule has 1 aromatic heterocycles. The number of aromatic nitrogens is 3. The van der Waals surface area contributed by atoms with E-state index < -0.39 is 5.91 Å². The van der Waals surface area contributed by atoms with Crippen LogP contribution in [0.4, 0.5) is 0 Å². The maximum Gasteiger partial charge on any atom is 0.252 e. The molecule has 0 saturated heterocycles. The zero-order valence-corrected chi connectivity index (χ0v) is 15.1. The first-order chi connectivity index (χ1) is 11.5. The topological polar surface area (TPSA) is 103 Å². The molecule has 2 aromatic rings. The monoisotopic (exact) mass is 409 g/mol. The number of primary amides is 1. The van der Waals surface area contributed by atoms with Gasteiger partial charge in [0.1, 0.15) is 0 Å². The maximum absolute atomic E-state index is 12.2. The quantitative estimate of drug-likeness (QED) is 0.510. The normalized spacial score (nSPS) is 10.4. The van der Waals surface area contributed by atoms with Crippen molar-refractivity contribution in [3.05, 3.63) is 52.8 Å². The third-order valence-electron chi connectivity index (χ3n) is 2.97. The summed E-state index contributed by atoms with van der Waals surface area (Å²) in [6, 6.07) is 7.15. The minimum absolute atomic E-state index is 0.110. The molecule has 1 aromatic carbocycles. The summed E-state index contributed by atoms with van der Waals surface area (Å²) in [5.41, 5.74) is 5.69. The fraction of sp³-hybridized carbons (Fsp3) is 0.200. The fourth-order valence-electron chi connectivity index (χ4n) is 1.90. The van der Waals surface area contributed by atoms with Gasteiger partial charge in [-0.3, -0.25) is 9.59 Å². The Morgan fingerprint density at radius 3 is 2.79 bits per heavy atom. The lowest BCUT2D eigenvalue weighted by Gasteiger charge is -2.09. The van der Waals surface area contributed by atoms with Crippen molar-refractivity contribution >= 4 is 39.5 Å². The summed E-state index contributed by atoms with van der Waals surface area (Å²) in [4.78, 5) is 23.2. The molecule has 0 aliphatic carbocycles. The largest absolute Gasteiger partial charge is 0.369 e. The van der Waals surface area contributed by atoms with Crippen LogP contribution in [0.1, 0.15) is 16.2 Å². The number of hydrogen-bond donors (Lipinski definition) is 2. The molecular weight excluding hydrogens is 394 g/mol. The summed E-state index contributed by atoms with van der Waals surface area (Å²) in [7, 11) is 0. The molecule has 1 heterocycles. The van der Waals surface area contributed by atoms with E-state index in [0.717, 1.165) is 0 Å². The molecule has 0 aliphatic rings. The van der Waals surface area contributed by atoms with Gasteiger partial charge in [0.25, 0.3) is 5.91 Å². The SMILES string of the molecule is C=CCn1c(CNC(=O)c2ccccc2Br)nnc1SCC(N)=O. The summed E-state index contributed by atoms with van der Waals surface area (Å²) in [5.74, 6) is 0.0275. The van der Waals surface area contributed by atoms with Gasteiger partial charge in [-0.2, -0.15) is 0 Å². The van der Waals surface area contributed by atoms with Crippen molar-refractivity contribution in [2.45, 2.75) is 18.2 Å².